The average Bonchev–Trinajstić information content (AvgIpc) is 2.46. The Morgan fingerprint density at radius 1 is 1.20 bits per heavy atom. The van der Waals surface area contributed by atoms with Crippen molar-refractivity contribution in [3.8, 4) is 0 Å². The maximum absolute atomic E-state index is 11.8. The van der Waals surface area contributed by atoms with E-state index in [1.807, 2.05) is 12.1 Å². The van der Waals surface area contributed by atoms with Gasteiger partial charge in [0.15, 0.2) is 0 Å². The number of hydrogen-bond donors (Lipinski definition) is 2. The first-order chi connectivity index (χ1) is 9.61. The normalized spacial score (nSPS) is 16.1. The molecule has 6 nitrogen and oxygen atoms in total. The first kappa shape index (κ1) is 15.1. The molecule has 0 aliphatic carbocycles. The molecule has 1 saturated heterocycles. The molecule has 0 saturated carbocycles. The molecule has 0 radical (unpaired) electrons. The second-order valence-corrected chi connectivity index (χ2v) is 6.55. The molecule has 7 heteroatoms. The molecule has 3 N–H and O–H groups in total. The summed E-state index contributed by atoms with van der Waals surface area (Å²) in [4.78, 5) is 2.22. The van der Waals surface area contributed by atoms with E-state index in [0.717, 1.165) is 32.0 Å². The molecule has 0 bridgehead atoms. The van der Waals surface area contributed by atoms with Crippen LogP contribution in [0.4, 0.5) is 11.4 Å². The third kappa shape index (κ3) is 4.36. The van der Waals surface area contributed by atoms with Gasteiger partial charge in [0.2, 0.25) is 10.0 Å². The monoisotopic (exact) mass is 299 g/mol. The lowest BCUT2D eigenvalue weighted by Gasteiger charge is -2.28. The number of ether oxygens (including phenoxy) is 1. The largest absolute Gasteiger partial charge is 0.378 e. The van der Waals surface area contributed by atoms with E-state index in [-0.39, 0.29) is 5.75 Å². The first-order valence-electron chi connectivity index (χ1n) is 6.74. The highest BCUT2D eigenvalue weighted by atomic mass is 32.2. The molecule has 1 aliphatic heterocycles. The van der Waals surface area contributed by atoms with Crippen molar-refractivity contribution in [2.24, 2.45) is 5.73 Å². The van der Waals surface area contributed by atoms with Gasteiger partial charge in [0.1, 0.15) is 0 Å². The van der Waals surface area contributed by atoms with E-state index in [1.54, 1.807) is 12.1 Å². The summed E-state index contributed by atoms with van der Waals surface area (Å²) >= 11 is 0. The van der Waals surface area contributed by atoms with Crippen LogP contribution in [0.5, 0.6) is 0 Å². The third-order valence-corrected chi connectivity index (χ3v) is 4.51. The van der Waals surface area contributed by atoms with Crippen molar-refractivity contribution in [1.29, 1.82) is 0 Å². The average molecular weight is 299 g/mol. The van der Waals surface area contributed by atoms with Crippen LogP contribution >= 0.6 is 0 Å². The zero-order valence-corrected chi connectivity index (χ0v) is 12.2. The van der Waals surface area contributed by atoms with Gasteiger partial charge in [0.05, 0.1) is 19.0 Å². The molecule has 112 valence electrons. The molecule has 1 aromatic carbocycles. The van der Waals surface area contributed by atoms with Crippen molar-refractivity contribution in [2.45, 2.75) is 6.42 Å². The summed E-state index contributed by atoms with van der Waals surface area (Å²) in [6.07, 6.45) is 0.460. The van der Waals surface area contributed by atoms with Gasteiger partial charge < -0.3 is 15.4 Å². The molecule has 0 amide bonds. The van der Waals surface area contributed by atoms with Crippen LogP contribution in [0.1, 0.15) is 6.42 Å². The second-order valence-electron chi connectivity index (χ2n) is 4.71. The maximum Gasteiger partial charge on any atom is 0.232 e. The second kappa shape index (κ2) is 6.92. The molecule has 1 aromatic rings. The molecule has 0 spiro atoms. The lowest BCUT2D eigenvalue weighted by molar-refractivity contribution is 0.122. The van der Waals surface area contributed by atoms with Crippen molar-refractivity contribution in [1.82, 2.24) is 0 Å². The van der Waals surface area contributed by atoms with Gasteiger partial charge in [0, 0.05) is 24.5 Å². The number of benzene rings is 1. The molecule has 0 aromatic heterocycles. The van der Waals surface area contributed by atoms with Crippen molar-refractivity contribution in [3.63, 3.8) is 0 Å². The van der Waals surface area contributed by atoms with Gasteiger partial charge in [-0.3, -0.25) is 4.72 Å². The highest BCUT2D eigenvalue weighted by molar-refractivity contribution is 7.92. The predicted octanol–water partition coefficient (Wildman–Crippen LogP) is 0.614. The lowest BCUT2D eigenvalue weighted by atomic mass is 10.2. The van der Waals surface area contributed by atoms with Gasteiger partial charge in [-0.15, -0.1) is 0 Å². The summed E-state index contributed by atoms with van der Waals surface area (Å²) in [7, 11) is -3.30. The van der Waals surface area contributed by atoms with E-state index in [2.05, 4.69) is 9.62 Å². The Morgan fingerprint density at radius 3 is 2.45 bits per heavy atom. The number of morpholine rings is 1. The van der Waals surface area contributed by atoms with Crippen LogP contribution < -0.4 is 15.4 Å². The Labute approximate surface area is 120 Å². The van der Waals surface area contributed by atoms with E-state index < -0.39 is 10.0 Å². The number of nitrogens with one attached hydrogen (secondary N) is 1. The van der Waals surface area contributed by atoms with Gasteiger partial charge in [-0.2, -0.15) is 0 Å². The van der Waals surface area contributed by atoms with Gasteiger partial charge in [-0.05, 0) is 37.2 Å². The fourth-order valence-corrected chi connectivity index (χ4v) is 3.21. The molecule has 2 rings (SSSR count). The fraction of sp³-hybridized carbons (Fsp3) is 0.538. The Hall–Kier alpha value is -1.31. The van der Waals surface area contributed by atoms with E-state index in [0.29, 0.717) is 18.7 Å². The summed E-state index contributed by atoms with van der Waals surface area (Å²) in [6.45, 7) is 3.56. The number of nitrogens with zero attached hydrogens (tertiary/aromatic N) is 1. The van der Waals surface area contributed by atoms with Crippen molar-refractivity contribution < 1.29 is 13.2 Å². The Balaban J connectivity index is 1.97. The van der Waals surface area contributed by atoms with Gasteiger partial charge >= 0.3 is 0 Å². The van der Waals surface area contributed by atoms with Gasteiger partial charge in [-0.1, -0.05) is 0 Å². The van der Waals surface area contributed by atoms with E-state index in [9.17, 15) is 8.42 Å². The van der Waals surface area contributed by atoms with Crippen LogP contribution in [0.2, 0.25) is 0 Å². The standard InChI is InChI=1S/C13H21N3O3S/c14-6-1-11-20(17,18)15-12-2-4-13(5-3-12)16-7-9-19-10-8-16/h2-5,15H,1,6-11,14H2. The Morgan fingerprint density at radius 2 is 1.85 bits per heavy atom. The summed E-state index contributed by atoms with van der Waals surface area (Å²) in [5.41, 5.74) is 6.99. The minimum atomic E-state index is -3.30. The quantitative estimate of drug-likeness (QED) is 0.804. The van der Waals surface area contributed by atoms with E-state index >= 15 is 0 Å². The van der Waals surface area contributed by atoms with Gasteiger partial charge in [0.25, 0.3) is 0 Å². The van der Waals surface area contributed by atoms with Crippen LogP contribution in [-0.2, 0) is 14.8 Å². The maximum atomic E-state index is 11.8. The first-order valence-corrected chi connectivity index (χ1v) is 8.39. The molecular weight excluding hydrogens is 278 g/mol. The molecule has 20 heavy (non-hydrogen) atoms. The predicted molar refractivity (Wildman–Crippen MR) is 80.6 cm³/mol. The van der Waals surface area contributed by atoms with Crippen molar-refractivity contribution in [3.05, 3.63) is 24.3 Å². The SMILES string of the molecule is NCCCS(=O)(=O)Nc1ccc(N2CCOCC2)cc1. The highest BCUT2D eigenvalue weighted by Gasteiger charge is 2.12. The molecular formula is C13H21N3O3S. The molecule has 1 heterocycles. The number of hydrogen-bond acceptors (Lipinski definition) is 5. The summed E-state index contributed by atoms with van der Waals surface area (Å²) in [6, 6.07) is 7.41. The zero-order valence-electron chi connectivity index (χ0n) is 11.4. The molecule has 0 atom stereocenters. The minimum Gasteiger partial charge on any atom is -0.378 e. The lowest BCUT2D eigenvalue weighted by Crippen LogP contribution is -2.36. The smallest absolute Gasteiger partial charge is 0.232 e. The van der Waals surface area contributed by atoms with E-state index in [4.69, 9.17) is 10.5 Å². The topological polar surface area (TPSA) is 84.7 Å². The number of nitrogens with two attached hydrogens (primary N) is 1. The fourth-order valence-electron chi connectivity index (χ4n) is 2.07. The summed E-state index contributed by atoms with van der Waals surface area (Å²) in [5.74, 6) is 0.0503. The van der Waals surface area contributed by atoms with Crippen molar-refractivity contribution in [2.75, 3.05) is 48.2 Å². The van der Waals surface area contributed by atoms with Crippen LogP contribution in [0, 0.1) is 0 Å². The van der Waals surface area contributed by atoms with Crippen LogP contribution in [0.15, 0.2) is 24.3 Å². The van der Waals surface area contributed by atoms with Crippen LogP contribution in [0.25, 0.3) is 0 Å². The van der Waals surface area contributed by atoms with E-state index in [1.165, 1.54) is 0 Å². The minimum absolute atomic E-state index is 0.0503. The Bertz CT molecular complexity index is 510. The zero-order chi connectivity index (χ0) is 14.4. The summed E-state index contributed by atoms with van der Waals surface area (Å²) in [5, 5.41) is 0. The number of anilines is 2. The van der Waals surface area contributed by atoms with Crippen LogP contribution in [0.3, 0.4) is 0 Å². The molecule has 1 aliphatic rings. The molecule has 1 fully saturated rings. The third-order valence-electron chi connectivity index (χ3n) is 3.13. The summed E-state index contributed by atoms with van der Waals surface area (Å²) < 4.78 is 31.4. The highest BCUT2D eigenvalue weighted by Crippen LogP contribution is 2.19. The van der Waals surface area contributed by atoms with Crippen LogP contribution in [-0.4, -0.2) is 47.0 Å². The Kier molecular flexibility index (Phi) is 5.22. The number of rotatable bonds is 6. The number of sulfonamides is 1. The van der Waals surface area contributed by atoms with Gasteiger partial charge in [-0.25, -0.2) is 8.42 Å². The molecule has 0 unspecified atom stereocenters. The van der Waals surface area contributed by atoms with Crippen molar-refractivity contribution >= 4 is 21.4 Å².